The maximum Gasteiger partial charge on any atom is 0.135 e. The predicted octanol–water partition coefficient (Wildman–Crippen LogP) is 0.706. The fraction of sp³-hybridized carbons (Fsp3) is 0.188. The quantitative estimate of drug-likeness (QED) is 0.509. The molecule has 4 N–H and O–H groups in total. The molecular weight excluding hydrogens is 308 g/mol. The first-order chi connectivity index (χ1) is 11.7. The van der Waals surface area contributed by atoms with Gasteiger partial charge in [-0.05, 0) is 24.3 Å². The van der Waals surface area contributed by atoms with Gasteiger partial charge in [-0.3, -0.25) is 4.68 Å². The molecule has 0 radical (unpaired) electrons. The average molecular weight is 324 g/mol. The Bertz CT molecular complexity index is 1010. The molecule has 0 spiro atoms. The number of pyridine rings is 1. The number of aromatic nitrogens is 5. The largest absolute Gasteiger partial charge is 0.394 e. The van der Waals surface area contributed by atoms with Crippen molar-refractivity contribution < 1.29 is 10.2 Å². The van der Waals surface area contributed by atoms with Crippen LogP contribution < -0.4 is 5.73 Å². The summed E-state index contributed by atoms with van der Waals surface area (Å²) in [5.74, 6) is 0.375. The van der Waals surface area contributed by atoms with Crippen LogP contribution in [0.1, 0.15) is 0 Å². The number of nitrogens with two attached hydrogens (primary N) is 1. The number of aliphatic hydroxyl groups is 2. The summed E-state index contributed by atoms with van der Waals surface area (Å²) < 4.78 is 3.32. The van der Waals surface area contributed by atoms with Crippen LogP contribution in [-0.4, -0.2) is 47.5 Å². The van der Waals surface area contributed by atoms with Crippen LogP contribution in [0, 0.1) is 0 Å². The Labute approximate surface area is 136 Å². The number of anilines is 1. The third-order valence-electron chi connectivity index (χ3n) is 3.89. The van der Waals surface area contributed by atoms with Gasteiger partial charge in [0.25, 0.3) is 0 Å². The van der Waals surface area contributed by atoms with E-state index >= 15 is 0 Å². The third-order valence-corrected chi connectivity index (χ3v) is 3.89. The minimum Gasteiger partial charge on any atom is -0.394 e. The highest BCUT2D eigenvalue weighted by Crippen LogP contribution is 2.28. The van der Waals surface area contributed by atoms with Gasteiger partial charge in [-0.1, -0.05) is 0 Å². The maximum atomic E-state index is 9.59. The van der Waals surface area contributed by atoms with Crippen molar-refractivity contribution in [2.24, 2.45) is 0 Å². The van der Waals surface area contributed by atoms with Gasteiger partial charge in [0.2, 0.25) is 0 Å². The van der Waals surface area contributed by atoms with E-state index in [0.717, 1.165) is 27.5 Å². The molecule has 4 rings (SSSR count). The molecule has 8 heteroatoms. The van der Waals surface area contributed by atoms with Crippen LogP contribution in [0.4, 0.5) is 5.82 Å². The summed E-state index contributed by atoms with van der Waals surface area (Å²) in [6.45, 7) is -0.130. The zero-order valence-corrected chi connectivity index (χ0v) is 12.7. The van der Waals surface area contributed by atoms with E-state index in [1.807, 2.05) is 30.5 Å². The molecule has 0 amide bonds. The molecular formula is C16H16N6O2. The standard InChI is InChI=1S/C16H16N6O2/c17-16-13-8-21(7-11(24)9-23)20-15(13)12-3-2-10(6-14(12)19-16)22-5-1-4-18-22/h1-6,8,11,23-24H,7,9H2,(H2,17,19)/t11-/m1/s1. The fourth-order valence-corrected chi connectivity index (χ4v) is 2.74. The highest BCUT2D eigenvalue weighted by atomic mass is 16.3. The third kappa shape index (κ3) is 2.38. The molecule has 1 aromatic carbocycles. The van der Waals surface area contributed by atoms with Crippen molar-refractivity contribution in [2.75, 3.05) is 12.3 Å². The number of hydrogen-bond donors (Lipinski definition) is 3. The molecule has 0 saturated heterocycles. The first-order valence-electron chi connectivity index (χ1n) is 7.51. The first-order valence-corrected chi connectivity index (χ1v) is 7.51. The number of hydrogen-bond acceptors (Lipinski definition) is 6. The number of fused-ring (bicyclic) bond motifs is 3. The SMILES string of the molecule is Nc1nc2cc(-n3cccn3)ccc2c2nn(C[C@@H](O)CO)cc12. The number of rotatable bonds is 4. The Morgan fingerprint density at radius 3 is 2.88 bits per heavy atom. The van der Waals surface area contributed by atoms with E-state index < -0.39 is 6.10 Å². The minimum atomic E-state index is -0.869. The van der Waals surface area contributed by atoms with Gasteiger partial charge in [0, 0.05) is 24.0 Å². The summed E-state index contributed by atoms with van der Waals surface area (Å²) in [5, 5.41) is 28.9. The van der Waals surface area contributed by atoms with E-state index in [4.69, 9.17) is 10.8 Å². The summed E-state index contributed by atoms with van der Waals surface area (Å²) in [4.78, 5) is 4.46. The van der Waals surface area contributed by atoms with Crippen LogP contribution in [0.5, 0.6) is 0 Å². The number of aliphatic hydroxyl groups excluding tert-OH is 2. The van der Waals surface area contributed by atoms with E-state index in [0.29, 0.717) is 5.82 Å². The number of nitrogen functional groups attached to an aromatic ring is 1. The van der Waals surface area contributed by atoms with Gasteiger partial charge in [0.15, 0.2) is 0 Å². The van der Waals surface area contributed by atoms with Gasteiger partial charge >= 0.3 is 0 Å². The van der Waals surface area contributed by atoms with E-state index in [9.17, 15) is 5.11 Å². The van der Waals surface area contributed by atoms with Crippen LogP contribution in [0.3, 0.4) is 0 Å². The fourth-order valence-electron chi connectivity index (χ4n) is 2.74. The van der Waals surface area contributed by atoms with Crippen molar-refractivity contribution in [1.29, 1.82) is 0 Å². The molecule has 3 heterocycles. The molecule has 0 bridgehead atoms. The predicted molar refractivity (Wildman–Crippen MR) is 89.7 cm³/mol. The van der Waals surface area contributed by atoms with E-state index in [2.05, 4.69) is 15.2 Å². The summed E-state index contributed by atoms with van der Waals surface area (Å²) in [6, 6.07) is 7.62. The Hall–Kier alpha value is -2.97. The molecule has 0 aliphatic heterocycles. The summed E-state index contributed by atoms with van der Waals surface area (Å²) >= 11 is 0. The first kappa shape index (κ1) is 14.6. The summed E-state index contributed by atoms with van der Waals surface area (Å²) in [7, 11) is 0. The molecule has 0 unspecified atom stereocenters. The lowest BCUT2D eigenvalue weighted by molar-refractivity contribution is 0.0784. The molecule has 4 aromatic rings. The molecule has 0 aliphatic carbocycles. The topological polar surface area (TPSA) is 115 Å². The zero-order chi connectivity index (χ0) is 16.7. The van der Waals surface area contributed by atoms with Gasteiger partial charge in [0.1, 0.15) is 11.3 Å². The van der Waals surface area contributed by atoms with Crippen molar-refractivity contribution >= 4 is 27.6 Å². The summed E-state index contributed by atoms with van der Waals surface area (Å²) in [6.07, 6.45) is 4.43. The van der Waals surface area contributed by atoms with Gasteiger partial charge in [-0.2, -0.15) is 10.2 Å². The number of nitrogens with zero attached hydrogens (tertiary/aromatic N) is 5. The molecule has 24 heavy (non-hydrogen) atoms. The molecule has 0 fully saturated rings. The lowest BCUT2D eigenvalue weighted by atomic mass is 10.1. The second-order valence-corrected chi connectivity index (χ2v) is 5.60. The van der Waals surface area contributed by atoms with Crippen LogP contribution >= 0.6 is 0 Å². The van der Waals surface area contributed by atoms with Gasteiger partial charge in [-0.25, -0.2) is 9.67 Å². The van der Waals surface area contributed by atoms with Crippen molar-refractivity contribution in [1.82, 2.24) is 24.5 Å². The van der Waals surface area contributed by atoms with Crippen LogP contribution in [0.2, 0.25) is 0 Å². The molecule has 3 aromatic heterocycles. The van der Waals surface area contributed by atoms with Gasteiger partial charge in [-0.15, -0.1) is 0 Å². The van der Waals surface area contributed by atoms with Gasteiger partial charge < -0.3 is 15.9 Å². The van der Waals surface area contributed by atoms with E-state index in [1.54, 1.807) is 21.8 Å². The smallest absolute Gasteiger partial charge is 0.135 e. The minimum absolute atomic E-state index is 0.192. The average Bonchev–Trinajstić information content (AvgIpc) is 3.24. The highest BCUT2D eigenvalue weighted by Gasteiger charge is 2.13. The summed E-state index contributed by atoms with van der Waals surface area (Å²) in [5.41, 5.74) is 8.39. The Balaban J connectivity index is 1.87. The normalized spacial score (nSPS) is 12.9. The Morgan fingerprint density at radius 2 is 2.12 bits per heavy atom. The number of benzene rings is 1. The van der Waals surface area contributed by atoms with Crippen LogP contribution in [-0.2, 0) is 6.54 Å². The maximum absolute atomic E-state index is 9.59. The van der Waals surface area contributed by atoms with Crippen molar-refractivity contribution in [3.8, 4) is 5.69 Å². The van der Waals surface area contributed by atoms with E-state index in [-0.39, 0.29) is 13.2 Å². The van der Waals surface area contributed by atoms with Crippen LogP contribution in [0.15, 0.2) is 42.9 Å². The van der Waals surface area contributed by atoms with Crippen molar-refractivity contribution in [3.05, 3.63) is 42.9 Å². The molecule has 8 nitrogen and oxygen atoms in total. The molecule has 0 saturated carbocycles. The molecule has 1 atom stereocenters. The molecule has 122 valence electrons. The van der Waals surface area contributed by atoms with Crippen molar-refractivity contribution in [2.45, 2.75) is 12.6 Å². The molecule has 0 aliphatic rings. The van der Waals surface area contributed by atoms with Gasteiger partial charge in [0.05, 0.1) is 35.8 Å². The lowest BCUT2D eigenvalue weighted by Gasteiger charge is -2.06. The zero-order valence-electron chi connectivity index (χ0n) is 12.7. The van der Waals surface area contributed by atoms with E-state index in [1.165, 1.54) is 0 Å². The Morgan fingerprint density at radius 1 is 1.25 bits per heavy atom. The second-order valence-electron chi connectivity index (χ2n) is 5.60. The highest BCUT2D eigenvalue weighted by molar-refractivity contribution is 6.07. The van der Waals surface area contributed by atoms with Crippen LogP contribution in [0.25, 0.3) is 27.5 Å². The lowest BCUT2D eigenvalue weighted by Crippen LogP contribution is -2.19. The van der Waals surface area contributed by atoms with Crippen molar-refractivity contribution in [3.63, 3.8) is 0 Å². The Kier molecular flexibility index (Phi) is 3.40. The second kappa shape index (κ2) is 5.59. The monoisotopic (exact) mass is 324 g/mol.